The highest BCUT2D eigenvalue weighted by molar-refractivity contribution is 5.93. The zero-order valence-electron chi connectivity index (χ0n) is 21.3. The SMILES string of the molecule is COc1cc(/C=C/C(=O)NCCOC(=O)/C=C/c2cc(OC)c3c(c2OC)OCO3)c(OC)c2c1OCO2. The molecule has 1 amide bonds. The molecule has 0 bridgehead atoms. The second-order valence-electron chi connectivity index (χ2n) is 7.66. The van der Waals surface area contributed by atoms with Crippen molar-refractivity contribution in [2.45, 2.75) is 0 Å². The third kappa shape index (κ3) is 5.48. The van der Waals surface area contributed by atoms with E-state index in [2.05, 4.69) is 5.32 Å². The van der Waals surface area contributed by atoms with Crippen molar-refractivity contribution >= 4 is 24.0 Å². The van der Waals surface area contributed by atoms with Gasteiger partial charge in [0, 0.05) is 23.3 Å². The summed E-state index contributed by atoms with van der Waals surface area (Å²) < 4.78 is 48.4. The summed E-state index contributed by atoms with van der Waals surface area (Å²) in [6, 6.07) is 3.34. The van der Waals surface area contributed by atoms with Crippen LogP contribution in [-0.2, 0) is 14.3 Å². The van der Waals surface area contributed by atoms with Crippen LogP contribution in [0.5, 0.6) is 46.0 Å². The fourth-order valence-corrected chi connectivity index (χ4v) is 3.80. The molecule has 202 valence electrons. The molecule has 0 aliphatic carbocycles. The van der Waals surface area contributed by atoms with E-state index in [1.807, 2.05) is 0 Å². The maximum absolute atomic E-state index is 12.3. The molecule has 0 atom stereocenters. The smallest absolute Gasteiger partial charge is 0.330 e. The molecule has 2 aliphatic heterocycles. The molecule has 2 aliphatic rings. The first-order chi connectivity index (χ1) is 18.5. The number of methoxy groups -OCH3 is 4. The molecule has 0 aromatic heterocycles. The van der Waals surface area contributed by atoms with Gasteiger partial charge < -0.3 is 47.9 Å². The lowest BCUT2D eigenvalue weighted by molar-refractivity contribution is -0.137. The zero-order chi connectivity index (χ0) is 27.1. The quantitative estimate of drug-likeness (QED) is 0.262. The molecular formula is C26H27NO11. The van der Waals surface area contributed by atoms with E-state index in [0.717, 1.165) is 0 Å². The van der Waals surface area contributed by atoms with Gasteiger partial charge in [0.15, 0.2) is 23.0 Å². The number of hydrogen-bond donors (Lipinski definition) is 1. The van der Waals surface area contributed by atoms with E-state index < -0.39 is 11.9 Å². The first kappa shape index (κ1) is 26.3. The molecule has 0 unspecified atom stereocenters. The highest BCUT2D eigenvalue weighted by atomic mass is 16.7. The van der Waals surface area contributed by atoms with Crippen molar-refractivity contribution in [2.75, 3.05) is 55.2 Å². The van der Waals surface area contributed by atoms with Crippen LogP contribution in [0.3, 0.4) is 0 Å². The Morgan fingerprint density at radius 1 is 0.763 bits per heavy atom. The standard InChI is InChI=1S/C26H27NO11/c1-30-17-11-15(21(32-3)25-23(17)35-13-37-25)5-7-19(28)27-9-10-34-20(29)8-6-16-12-18(31-2)24-26(22(16)33-4)38-14-36-24/h5-8,11-12H,9-10,13-14H2,1-4H3,(H,27,28)/b7-5+,8-6+. The van der Waals surface area contributed by atoms with Crippen molar-refractivity contribution in [3.05, 3.63) is 35.4 Å². The Kier molecular flexibility index (Phi) is 8.31. The number of benzene rings is 2. The highest BCUT2D eigenvalue weighted by Crippen LogP contribution is 2.50. The fraction of sp³-hybridized carbons (Fsp3) is 0.308. The predicted octanol–water partition coefficient (Wildman–Crippen LogP) is 2.56. The van der Waals surface area contributed by atoms with Gasteiger partial charge in [0.05, 0.1) is 35.0 Å². The minimum atomic E-state index is -0.606. The van der Waals surface area contributed by atoms with E-state index in [9.17, 15) is 9.59 Å². The second-order valence-corrected chi connectivity index (χ2v) is 7.66. The summed E-state index contributed by atoms with van der Waals surface area (Å²) in [7, 11) is 5.97. The van der Waals surface area contributed by atoms with Gasteiger partial charge in [-0.05, 0) is 24.3 Å². The van der Waals surface area contributed by atoms with Crippen LogP contribution in [0.15, 0.2) is 24.3 Å². The van der Waals surface area contributed by atoms with Crippen LogP contribution in [0.25, 0.3) is 12.2 Å². The average Bonchev–Trinajstić information content (AvgIpc) is 3.62. The maximum atomic E-state index is 12.3. The van der Waals surface area contributed by atoms with Crippen molar-refractivity contribution in [1.82, 2.24) is 5.32 Å². The Bertz CT molecular complexity index is 1170. The summed E-state index contributed by atoms with van der Waals surface area (Å²) in [5.74, 6) is 2.39. The Hall–Kier alpha value is -4.74. The number of carbonyl (C=O) groups excluding carboxylic acids is 2. The van der Waals surface area contributed by atoms with E-state index in [-0.39, 0.29) is 26.7 Å². The second kappa shape index (κ2) is 12.0. The van der Waals surface area contributed by atoms with Crippen LogP contribution < -0.4 is 43.2 Å². The molecule has 12 nitrogen and oxygen atoms in total. The number of nitrogens with one attached hydrogen (secondary N) is 1. The molecule has 2 aromatic carbocycles. The number of amides is 1. The summed E-state index contributed by atoms with van der Waals surface area (Å²) in [6.07, 6.45) is 5.63. The molecule has 2 aromatic rings. The average molecular weight is 529 g/mol. The van der Waals surface area contributed by atoms with Gasteiger partial charge in [-0.3, -0.25) is 4.79 Å². The Labute approximate surface area is 218 Å². The van der Waals surface area contributed by atoms with E-state index >= 15 is 0 Å². The van der Waals surface area contributed by atoms with Gasteiger partial charge in [0.25, 0.3) is 0 Å². The number of esters is 1. The molecule has 0 spiro atoms. The van der Waals surface area contributed by atoms with Gasteiger partial charge in [0.2, 0.25) is 42.5 Å². The van der Waals surface area contributed by atoms with Crippen LogP contribution in [0.4, 0.5) is 0 Å². The molecule has 4 rings (SSSR count). The van der Waals surface area contributed by atoms with Crippen LogP contribution in [0, 0.1) is 0 Å². The van der Waals surface area contributed by atoms with E-state index in [4.69, 9.17) is 42.6 Å². The number of rotatable bonds is 11. The predicted molar refractivity (Wildman–Crippen MR) is 133 cm³/mol. The lowest BCUT2D eigenvalue weighted by atomic mass is 10.1. The normalized spacial score (nSPS) is 13.1. The monoisotopic (exact) mass is 529 g/mol. The minimum absolute atomic E-state index is 0.0362. The van der Waals surface area contributed by atoms with Gasteiger partial charge in [-0.2, -0.15) is 0 Å². The molecule has 2 heterocycles. The maximum Gasteiger partial charge on any atom is 0.330 e. The van der Waals surface area contributed by atoms with Crippen LogP contribution in [-0.4, -0.2) is 67.1 Å². The van der Waals surface area contributed by atoms with Gasteiger partial charge in [0.1, 0.15) is 6.61 Å². The van der Waals surface area contributed by atoms with Gasteiger partial charge >= 0.3 is 5.97 Å². The van der Waals surface area contributed by atoms with Crippen molar-refractivity contribution < 1.29 is 52.2 Å². The summed E-state index contributed by atoms with van der Waals surface area (Å²) >= 11 is 0. The largest absolute Gasteiger partial charge is 0.493 e. The summed E-state index contributed by atoms with van der Waals surface area (Å²) in [5.41, 5.74) is 1.11. The molecule has 12 heteroatoms. The fourth-order valence-electron chi connectivity index (χ4n) is 3.80. The summed E-state index contributed by atoms with van der Waals surface area (Å²) in [4.78, 5) is 24.4. The van der Waals surface area contributed by atoms with E-state index in [0.29, 0.717) is 57.1 Å². The lowest BCUT2D eigenvalue weighted by Crippen LogP contribution is -2.26. The highest BCUT2D eigenvalue weighted by Gasteiger charge is 2.27. The minimum Gasteiger partial charge on any atom is -0.493 e. The van der Waals surface area contributed by atoms with Gasteiger partial charge in [-0.1, -0.05) is 0 Å². The summed E-state index contributed by atoms with van der Waals surface area (Å²) in [5, 5.41) is 2.64. The first-order valence-electron chi connectivity index (χ1n) is 11.4. The van der Waals surface area contributed by atoms with E-state index in [1.54, 1.807) is 18.2 Å². The lowest BCUT2D eigenvalue weighted by Gasteiger charge is -2.11. The van der Waals surface area contributed by atoms with Crippen LogP contribution >= 0.6 is 0 Å². The first-order valence-corrected chi connectivity index (χ1v) is 11.4. The number of ether oxygens (including phenoxy) is 9. The van der Waals surface area contributed by atoms with Crippen molar-refractivity contribution in [1.29, 1.82) is 0 Å². The number of carbonyl (C=O) groups is 2. The van der Waals surface area contributed by atoms with Gasteiger partial charge in [-0.25, -0.2) is 4.79 Å². The number of hydrogen-bond acceptors (Lipinski definition) is 11. The number of fused-ring (bicyclic) bond motifs is 2. The molecule has 0 radical (unpaired) electrons. The van der Waals surface area contributed by atoms with Crippen molar-refractivity contribution in [2.24, 2.45) is 0 Å². The molecule has 1 N–H and O–H groups in total. The van der Waals surface area contributed by atoms with Crippen LogP contribution in [0.2, 0.25) is 0 Å². The molecule has 38 heavy (non-hydrogen) atoms. The van der Waals surface area contributed by atoms with Crippen molar-refractivity contribution in [3.8, 4) is 46.0 Å². The van der Waals surface area contributed by atoms with Crippen molar-refractivity contribution in [3.63, 3.8) is 0 Å². The molecule has 0 saturated heterocycles. The third-order valence-corrected chi connectivity index (χ3v) is 5.49. The zero-order valence-corrected chi connectivity index (χ0v) is 21.3. The molecule has 0 fully saturated rings. The summed E-state index contributed by atoms with van der Waals surface area (Å²) in [6.45, 7) is 0.148. The Balaban J connectivity index is 1.29. The van der Waals surface area contributed by atoms with E-state index in [1.165, 1.54) is 46.7 Å². The Morgan fingerprint density at radius 2 is 1.26 bits per heavy atom. The topological polar surface area (TPSA) is 129 Å². The molecular weight excluding hydrogens is 502 g/mol. The third-order valence-electron chi connectivity index (χ3n) is 5.49. The van der Waals surface area contributed by atoms with Gasteiger partial charge in [-0.15, -0.1) is 0 Å². The molecule has 0 saturated carbocycles. The Morgan fingerprint density at radius 3 is 1.76 bits per heavy atom. The van der Waals surface area contributed by atoms with Crippen LogP contribution in [0.1, 0.15) is 11.1 Å².